The maximum atomic E-state index is 3.57. The molecule has 20 heavy (non-hydrogen) atoms. The van der Waals surface area contributed by atoms with E-state index in [1.807, 2.05) is 11.8 Å². The Morgan fingerprint density at radius 2 is 1.60 bits per heavy atom. The van der Waals surface area contributed by atoms with E-state index >= 15 is 0 Å². The van der Waals surface area contributed by atoms with Crippen LogP contribution in [0.5, 0.6) is 0 Å². The maximum absolute atomic E-state index is 3.57. The van der Waals surface area contributed by atoms with E-state index in [0.717, 1.165) is 6.54 Å². The lowest BCUT2D eigenvalue weighted by Gasteiger charge is -2.13. The van der Waals surface area contributed by atoms with Gasteiger partial charge in [-0.15, -0.1) is 0 Å². The average Bonchev–Trinajstić information content (AvgIpc) is 2.52. The highest BCUT2D eigenvalue weighted by atomic mass is 32.2. The molecule has 0 spiro atoms. The Morgan fingerprint density at radius 3 is 2.25 bits per heavy atom. The van der Waals surface area contributed by atoms with Crippen molar-refractivity contribution in [2.75, 3.05) is 11.5 Å². The zero-order valence-corrected chi connectivity index (χ0v) is 13.1. The summed E-state index contributed by atoms with van der Waals surface area (Å²) in [6.07, 6.45) is 0. The topological polar surface area (TPSA) is 12.0 Å². The molecule has 1 unspecified atom stereocenters. The number of benzene rings is 2. The second-order valence-corrected chi connectivity index (χ2v) is 6.32. The third-order valence-electron chi connectivity index (χ3n) is 3.29. The Bertz CT molecular complexity index is 493. The van der Waals surface area contributed by atoms with Crippen LogP contribution in [-0.2, 0) is 6.54 Å². The molecule has 1 atom stereocenters. The van der Waals surface area contributed by atoms with E-state index in [-0.39, 0.29) is 0 Å². The van der Waals surface area contributed by atoms with E-state index in [0.29, 0.717) is 6.04 Å². The van der Waals surface area contributed by atoms with Gasteiger partial charge in [-0.2, -0.15) is 11.8 Å². The lowest BCUT2D eigenvalue weighted by Crippen LogP contribution is -2.27. The smallest absolute Gasteiger partial charge is 0.0208 e. The molecule has 2 aromatic carbocycles. The monoisotopic (exact) mass is 285 g/mol. The Balaban J connectivity index is 1.89. The van der Waals surface area contributed by atoms with E-state index in [1.165, 1.54) is 28.2 Å². The second-order valence-electron chi connectivity index (χ2n) is 5.00. The van der Waals surface area contributed by atoms with Crippen LogP contribution in [0.3, 0.4) is 0 Å². The van der Waals surface area contributed by atoms with Crippen molar-refractivity contribution < 1.29 is 0 Å². The van der Waals surface area contributed by atoms with Crippen molar-refractivity contribution in [2.24, 2.45) is 0 Å². The van der Waals surface area contributed by atoms with E-state index < -0.39 is 0 Å². The summed E-state index contributed by atoms with van der Waals surface area (Å²) in [6, 6.07) is 19.9. The van der Waals surface area contributed by atoms with Crippen molar-refractivity contribution in [1.29, 1.82) is 0 Å². The van der Waals surface area contributed by atoms with Crippen LogP contribution in [0.25, 0.3) is 11.1 Å². The molecule has 2 rings (SSSR count). The van der Waals surface area contributed by atoms with Crippen molar-refractivity contribution in [3.8, 4) is 11.1 Å². The van der Waals surface area contributed by atoms with Gasteiger partial charge in [-0.05, 0) is 29.4 Å². The van der Waals surface area contributed by atoms with Gasteiger partial charge in [0.25, 0.3) is 0 Å². The molecule has 0 amide bonds. The zero-order valence-electron chi connectivity index (χ0n) is 12.3. The first-order valence-corrected chi connectivity index (χ1v) is 8.40. The van der Waals surface area contributed by atoms with Gasteiger partial charge in [0.2, 0.25) is 0 Å². The van der Waals surface area contributed by atoms with Gasteiger partial charge in [-0.1, -0.05) is 61.5 Å². The SMILES string of the molecule is CCSCC(C)NCc1ccc(-c2ccccc2)cc1. The first-order valence-electron chi connectivity index (χ1n) is 7.25. The van der Waals surface area contributed by atoms with Crippen molar-refractivity contribution in [1.82, 2.24) is 5.32 Å². The Morgan fingerprint density at radius 1 is 0.950 bits per heavy atom. The molecule has 0 bridgehead atoms. The molecule has 0 heterocycles. The molecule has 1 nitrogen and oxygen atoms in total. The van der Waals surface area contributed by atoms with Crippen molar-refractivity contribution in [3.05, 3.63) is 60.2 Å². The molecule has 2 heteroatoms. The third-order valence-corrected chi connectivity index (χ3v) is 4.43. The zero-order chi connectivity index (χ0) is 14.2. The minimum Gasteiger partial charge on any atom is -0.309 e. The van der Waals surface area contributed by atoms with Crippen molar-refractivity contribution >= 4 is 11.8 Å². The molecule has 0 aliphatic rings. The quantitative estimate of drug-likeness (QED) is 0.799. The van der Waals surface area contributed by atoms with Crippen LogP contribution < -0.4 is 5.32 Å². The highest BCUT2D eigenvalue weighted by Gasteiger charge is 2.02. The Hall–Kier alpha value is -1.25. The maximum Gasteiger partial charge on any atom is 0.0208 e. The number of nitrogens with one attached hydrogen (secondary N) is 1. The number of rotatable bonds is 7. The lowest BCUT2D eigenvalue weighted by atomic mass is 10.0. The minimum absolute atomic E-state index is 0.564. The molecule has 0 aliphatic carbocycles. The summed E-state index contributed by atoms with van der Waals surface area (Å²) in [4.78, 5) is 0. The first-order chi connectivity index (χ1) is 9.79. The van der Waals surface area contributed by atoms with Crippen LogP contribution in [0.4, 0.5) is 0 Å². The molecule has 0 radical (unpaired) electrons. The van der Waals surface area contributed by atoms with Crippen molar-refractivity contribution in [3.63, 3.8) is 0 Å². The normalized spacial score (nSPS) is 12.3. The lowest BCUT2D eigenvalue weighted by molar-refractivity contribution is 0.596. The van der Waals surface area contributed by atoms with E-state index in [2.05, 4.69) is 73.8 Å². The first kappa shape index (κ1) is 15.1. The van der Waals surface area contributed by atoms with Gasteiger partial charge in [0.15, 0.2) is 0 Å². The summed E-state index contributed by atoms with van der Waals surface area (Å²) in [5, 5.41) is 3.57. The number of hydrogen-bond acceptors (Lipinski definition) is 2. The molecule has 0 aromatic heterocycles. The van der Waals surface area contributed by atoms with Crippen LogP contribution in [0.15, 0.2) is 54.6 Å². The van der Waals surface area contributed by atoms with Crippen LogP contribution in [0.1, 0.15) is 19.4 Å². The molecular weight excluding hydrogens is 262 g/mol. The molecule has 0 saturated carbocycles. The van der Waals surface area contributed by atoms with Gasteiger partial charge in [0, 0.05) is 18.3 Å². The summed E-state index contributed by atoms with van der Waals surface area (Å²) < 4.78 is 0. The molecule has 0 saturated heterocycles. The van der Waals surface area contributed by atoms with Crippen LogP contribution in [0, 0.1) is 0 Å². The summed E-state index contributed by atoms with van der Waals surface area (Å²) >= 11 is 1.99. The third kappa shape index (κ3) is 4.69. The second kappa shape index (κ2) is 8.13. The van der Waals surface area contributed by atoms with Gasteiger partial charge in [0.1, 0.15) is 0 Å². The summed E-state index contributed by atoms with van der Waals surface area (Å²) in [7, 11) is 0. The summed E-state index contributed by atoms with van der Waals surface area (Å²) in [5.41, 5.74) is 3.90. The molecule has 0 fully saturated rings. The van der Waals surface area contributed by atoms with Crippen LogP contribution >= 0.6 is 11.8 Å². The fourth-order valence-electron chi connectivity index (χ4n) is 2.09. The standard InChI is InChI=1S/C18H23NS/c1-3-20-14-15(2)19-13-16-9-11-18(12-10-16)17-7-5-4-6-8-17/h4-12,15,19H,3,13-14H2,1-2H3. The van der Waals surface area contributed by atoms with Crippen LogP contribution in [0.2, 0.25) is 0 Å². The van der Waals surface area contributed by atoms with E-state index in [1.54, 1.807) is 0 Å². The highest BCUT2D eigenvalue weighted by Crippen LogP contribution is 2.19. The summed E-state index contributed by atoms with van der Waals surface area (Å²) in [5.74, 6) is 2.37. The van der Waals surface area contributed by atoms with Gasteiger partial charge in [-0.25, -0.2) is 0 Å². The number of hydrogen-bond donors (Lipinski definition) is 1. The van der Waals surface area contributed by atoms with Gasteiger partial charge >= 0.3 is 0 Å². The minimum atomic E-state index is 0.564. The van der Waals surface area contributed by atoms with Gasteiger partial charge < -0.3 is 5.32 Å². The molecule has 0 aliphatic heterocycles. The Labute approximate surface area is 126 Å². The summed E-state index contributed by atoms with van der Waals surface area (Å²) in [6.45, 7) is 5.40. The molecule has 1 N–H and O–H groups in total. The highest BCUT2D eigenvalue weighted by molar-refractivity contribution is 7.99. The van der Waals surface area contributed by atoms with Gasteiger partial charge in [0.05, 0.1) is 0 Å². The number of thioether (sulfide) groups is 1. The van der Waals surface area contributed by atoms with Crippen LogP contribution in [-0.4, -0.2) is 17.5 Å². The molecule has 106 valence electrons. The molecular formula is C18H23NS. The average molecular weight is 285 g/mol. The predicted molar refractivity (Wildman–Crippen MR) is 91.2 cm³/mol. The molecule has 2 aromatic rings. The van der Waals surface area contributed by atoms with E-state index in [4.69, 9.17) is 0 Å². The fourth-order valence-corrected chi connectivity index (χ4v) is 2.80. The predicted octanol–water partition coefficient (Wildman–Crippen LogP) is 4.58. The largest absolute Gasteiger partial charge is 0.309 e. The van der Waals surface area contributed by atoms with Gasteiger partial charge in [-0.3, -0.25) is 0 Å². The van der Waals surface area contributed by atoms with Crippen molar-refractivity contribution in [2.45, 2.75) is 26.4 Å². The fraction of sp³-hybridized carbons (Fsp3) is 0.333. The Kier molecular flexibility index (Phi) is 6.16. The van der Waals surface area contributed by atoms with E-state index in [9.17, 15) is 0 Å².